The average molecular weight is 153 g/mol. The topological polar surface area (TPSA) is 3.24 Å². The Morgan fingerprint density at radius 1 is 1.27 bits per heavy atom. The van der Waals surface area contributed by atoms with E-state index in [1.165, 1.54) is 11.3 Å². The van der Waals surface area contributed by atoms with Gasteiger partial charge in [0.05, 0.1) is 0 Å². The van der Waals surface area contributed by atoms with Gasteiger partial charge in [0.1, 0.15) is 0 Å². The Bertz CT molecular complexity index is 164. The second kappa shape index (κ2) is 5.00. The first kappa shape index (κ1) is 10.3. The Morgan fingerprint density at radius 2 is 1.82 bits per heavy atom. The van der Waals surface area contributed by atoms with Crippen LogP contribution in [0.25, 0.3) is 0 Å². The molecule has 11 heavy (non-hydrogen) atoms. The van der Waals surface area contributed by atoms with Crippen molar-refractivity contribution in [3.8, 4) is 0 Å². The second-order valence-corrected chi connectivity index (χ2v) is 3.04. The highest BCUT2D eigenvalue weighted by atomic mass is 15.1. The number of nitrogens with zero attached hydrogens (tertiary/aromatic N) is 1. The largest absolute Gasteiger partial charge is 0.381 e. The third-order valence-electron chi connectivity index (χ3n) is 1.67. The van der Waals surface area contributed by atoms with E-state index in [-0.39, 0.29) is 0 Å². The predicted molar refractivity (Wildman–Crippen MR) is 51.5 cm³/mol. The molecule has 0 rings (SSSR count). The molecule has 0 aliphatic carbocycles. The minimum absolute atomic E-state index is 1.11. The fourth-order valence-electron chi connectivity index (χ4n) is 0.839. The average Bonchev–Trinajstić information content (AvgIpc) is 1.87. The van der Waals surface area contributed by atoms with Crippen LogP contribution in [-0.4, -0.2) is 19.0 Å². The predicted octanol–water partition coefficient (Wildman–Crippen LogP) is 2.81. The highest BCUT2D eigenvalue weighted by molar-refractivity contribution is 5.19. The highest BCUT2D eigenvalue weighted by Gasteiger charge is 1.89. The molecule has 0 aliphatic rings. The third-order valence-corrected chi connectivity index (χ3v) is 1.67. The summed E-state index contributed by atoms with van der Waals surface area (Å²) < 4.78 is 0. The Balaban J connectivity index is 4.18. The van der Waals surface area contributed by atoms with Crippen LogP contribution in [-0.2, 0) is 0 Å². The van der Waals surface area contributed by atoms with Crippen LogP contribution in [0.4, 0.5) is 0 Å². The van der Waals surface area contributed by atoms with Crippen LogP contribution < -0.4 is 0 Å². The van der Waals surface area contributed by atoms with Crippen molar-refractivity contribution in [1.29, 1.82) is 0 Å². The molecule has 1 heteroatoms. The summed E-state index contributed by atoms with van der Waals surface area (Å²) in [6, 6.07) is 0. The van der Waals surface area contributed by atoms with Crippen molar-refractivity contribution in [2.24, 2.45) is 0 Å². The molecule has 0 saturated heterocycles. The van der Waals surface area contributed by atoms with Crippen LogP contribution in [0.1, 0.15) is 27.2 Å². The van der Waals surface area contributed by atoms with Crippen LogP contribution in [0.2, 0.25) is 0 Å². The van der Waals surface area contributed by atoms with Gasteiger partial charge in [-0.1, -0.05) is 18.6 Å². The van der Waals surface area contributed by atoms with E-state index in [1.54, 1.807) is 0 Å². The molecule has 0 heterocycles. The maximum absolute atomic E-state index is 2.23. The summed E-state index contributed by atoms with van der Waals surface area (Å²) in [5, 5.41) is 0. The van der Waals surface area contributed by atoms with E-state index < -0.39 is 0 Å². The number of hydrogen-bond acceptors (Lipinski definition) is 1. The SMILES string of the molecule is CC/C=C(C)/C=C(/C)N(C)C. The fraction of sp³-hybridized carbons (Fsp3) is 0.600. The molecular formula is C10H19N. The monoisotopic (exact) mass is 153 g/mol. The van der Waals surface area contributed by atoms with E-state index in [1.807, 2.05) is 0 Å². The lowest BCUT2D eigenvalue weighted by Gasteiger charge is -2.12. The Kier molecular flexibility index (Phi) is 4.67. The molecule has 64 valence electrons. The molecule has 0 aliphatic heterocycles. The maximum Gasteiger partial charge on any atom is 0.00984 e. The van der Waals surface area contributed by atoms with Gasteiger partial charge in [-0.15, -0.1) is 0 Å². The highest BCUT2D eigenvalue weighted by Crippen LogP contribution is 2.03. The maximum atomic E-state index is 2.23. The van der Waals surface area contributed by atoms with Crippen molar-refractivity contribution in [2.75, 3.05) is 14.1 Å². The van der Waals surface area contributed by atoms with E-state index >= 15 is 0 Å². The van der Waals surface area contributed by atoms with E-state index in [4.69, 9.17) is 0 Å². The van der Waals surface area contributed by atoms with E-state index in [9.17, 15) is 0 Å². The van der Waals surface area contributed by atoms with Crippen molar-refractivity contribution in [1.82, 2.24) is 4.90 Å². The van der Waals surface area contributed by atoms with Gasteiger partial charge in [-0.3, -0.25) is 0 Å². The molecule has 0 aromatic rings. The summed E-state index contributed by atoms with van der Waals surface area (Å²) in [7, 11) is 4.12. The lowest BCUT2D eigenvalue weighted by atomic mass is 10.2. The summed E-state index contributed by atoms with van der Waals surface area (Å²) in [6.07, 6.45) is 5.54. The van der Waals surface area contributed by atoms with Crippen LogP contribution in [0, 0.1) is 0 Å². The smallest absolute Gasteiger partial charge is 0.00984 e. The molecule has 0 saturated carbocycles. The number of allylic oxidation sites excluding steroid dienone is 4. The zero-order valence-corrected chi connectivity index (χ0v) is 8.31. The number of hydrogen-bond donors (Lipinski definition) is 0. The fourth-order valence-corrected chi connectivity index (χ4v) is 0.839. The molecular weight excluding hydrogens is 134 g/mol. The molecule has 0 unspecified atom stereocenters. The zero-order chi connectivity index (χ0) is 8.85. The second-order valence-electron chi connectivity index (χ2n) is 3.04. The first-order valence-corrected chi connectivity index (χ1v) is 4.10. The standard InChI is InChI=1S/C10H19N/c1-6-7-9(2)8-10(3)11(4)5/h7-8H,6H2,1-5H3/b9-7+,10-8-. The molecule has 0 spiro atoms. The summed E-state index contributed by atoms with van der Waals surface area (Å²) in [6.45, 7) is 6.41. The molecule has 0 N–H and O–H groups in total. The van der Waals surface area contributed by atoms with Crippen molar-refractivity contribution in [3.05, 3.63) is 23.4 Å². The quantitative estimate of drug-likeness (QED) is 0.563. The minimum atomic E-state index is 1.11. The Hall–Kier alpha value is -0.720. The minimum Gasteiger partial charge on any atom is -0.381 e. The van der Waals surface area contributed by atoms with Crippen molar-refractivity contribution < 1.29 is 0 Å². The Labute approximate surface area is 70.4 Å². The first-order chi connectivity index (χ1) is 5.07. The summed E-state index contributed by atoms with van der Waals surface area (Å²) in [5.74, 6) is 0. The molecule has 0 amide bonds. The summed E-state index contributed by atoms with van der Waals surface area (Å²) in [5.41, 5.74) is 2.64. The molecule has 0 aromatic carbocycles. The molecule has 0 atom stereocenters. The van der Waals surface area contributed by atoms with Crippen LogP contribution in [0.3, 0.4) is 0 Å². The van der Waals surface area contributed by atoms with Gasteiger partial charge < -0.3 is 4.90 Å². The third kappa shape index (κ3) is 4.65. The first-order valence-electron chi connectivity index (χ1n) is 4.10. The van der Waals surface area contributed by atoms with Crippen LogP contribution in [0.5, 0.6) is 0 Å². The van der Waals surface area contributed by atoms with E-state index in [2.05, 4.69) is 51.9 Å². The molecule has 0 bridgehead atoms. The van der Waals surface area contributed by atoms with Gasteiger partial charge in [0.15, 0.2) is 0 Å². The molecule has 0 radical (unpaired) electrons. The van der Waals surface area contributed by atoms with Crippen LogP contribution >= 0.6 is 0 Å². The van der Waals surface area contributed by atoms with Gasteiger partial charge in [0, 0.05) is 19.8 Å². The number of rotatable bonds is 3. The van der Waals surface area contributed by atoms with Gasteiger partial charge in [-0.25, -0.2) is 0 Å². The normalized spacial score (nSPS) is 13.5. The summed E-state index contributed by atoms with van der Waals surface area (Å²) in [4.78, 5) is 2.12. The van der Waals surface area contributed by atoms with Crippen molar-refractivity contribution >= 4 is 0 Å². The molecule has 0 aromatic heterocycles. The Morgan fingerprint density at radius 3 is 2.18 bits per heavy atom. The van der Waals surface area contributed by atoms with Crippen molar-refractivity contribution in [3.63, 3.8) is 0 Å². The van der Waals surface area contributed by atoms with Crippen LogP contribution in [0.15, 0.2) is 23.4 Å². The lowest BCUT2D eigenvalue weighted by Crippen LogP contribution is -2.07. The van der Waals surface area contributed by atoms with Gasteiger partial charge >= 0.3 is 0 Å². The summed E-state index contributed by atoms with van der Waals surface area (Å²) >= 11 is 0. The van der Waals surface area contributed by atoms with E-state index in [0.717, 1.165) is 6.42 Å². The molecule has 1 nitrogen and oxygen atoms in total. The lowest BCUT2D eigenvalue weighted by molar-refractivity contribution is 0.513. The van der Waals surface area contributed by atoms with Gasteiger partial charge in [0.25, 0.3) is 0 Å². The van der Waals surface area contributed by atoms with Gasteiger partial charge in [-0.2, -0.15) is 0 Å². The van der Waals surface area contributed by atoms with Crippen molar-refractivity contribution in [2.45, 2.75) is 27.2 Å². The van der Waals surface area contributed by atoms with E-state index in [0.29, 0.717) is 0 Å². The zero-order valence-electron chi connectivity index (χ0n) is 8.31. The van der Waals surface area contributed by atoms with Gasteiger partial charge in [-0.05, 0) is 26.3 Å². The van der Waals surface area contributed by atoms with Gasteiger partial charge in [0.2, 0.25) is 0 Å². The molecule has 0 fully saturated rings.